The topological polar surface area (TPSA) is 68.9 Å². The Morgan fingerprint density at radius 3 is 2.35 bits per heavy atom. The second kappa shape index (κ2) is 13.0. The summed E-state index contributed by atoms with van der Waals surface area (Å²) in [6.07, 6.45) is 8.22. The van der Waals surface area contributed by atoms with E-state index in [4.69, 9.17) is 9.52 Å². The first-order chi connectivity index (χ1) is 14.6. The summed E-state index contributed by atoms with van der Waals surface area (Å²) < 4.78 is 5.52. The van der Waals surface area contributed by atoms with Gasteiger partial charge in [-0.15, -0.1) is 24.0 Å². The highest BCUT2D eigenvalue weighted by Crippen LogP contribution is 2.30. The summed E-state index contributed by atoms with van der Waals surface area (Å²) >= 11 is 0. The molecule has 2 aliphatic heterocycles. The van der Waals surface area contributed by atoms with Gasteiger partial charge in [0.25, 0.3) is 0 Å². The number of hydrogen-bond donors (Lipinski definition) is 2. The molecule has 0 spiro atoms. The van der Waals surface area contributed by atoms with Gasteiger partial charge >= 0.3 is 0 Å². The van der Waals surface area contributed by atoms with Crippen LogP contribution in [0.15, 0.2) is 9.52 Å². The number of likely N-dealkylation sites (tertiary alicyclic amines) is 2. The Hall–Kier alpha value is -0.870. The van der Waals surface area contributed by atoms with E-state index in [2.05, 4.69) is 53.4 Å². The maximum atomic E-state index is 5.52. The number of halogens is 1. The summed E-state index contributed by atoms with van der Waals surface area (Å²) in [7, 11) is 2.24. The molecule has 3 heterocycles. The smallest absolute Gasteiger partial charge is 0.191 e. The minimum atomic E-state index is 0. The zero-order valence-electron chi connectivity index (χ0n) is 20.0. The van der Waals surface area contributed by atoms with Crippen molar-refractivity contribution >= 4 is 29.9 Å². The van der Waals surface area contributed by atoms with E-state index in [9.17, 15) is 0 Å². The molecule has 1 aromatic rings. The maximum Gasteiger partial charge on any atom is 0.191 e. The van der Waals surface area contributed by atoms with Gasteiger partial charge in [0, 0.05) is 30.6 Å². The van der Waals surface area contributed by atoms with Crippen LogP contribution in [0.2, 0.25) is 0 Å². The summed E-state index contributed by atoms with van der Waals surface area (Å²) in [6.45, 7) is 13.6. The summed E-state index contributed by atoms with van der Waals surface area (Å²) in [4.78, 5) is 10.1. The van der Waals surface area contributed by atoms with Crippen molar-refractivity contribution in [3.63, 3.8) is 0 Å². The Balaban J connectivity index is 0.00000341. The summed E-state index contributed by atoms with van der Waals surface area (Å²) in [5.74, 6) is 1.87. The lowest BCUT2D eigenvalue weighted by Gasteiger charge is -2.50. The van der Waals surface area contributed by atoms with Crippen molar-refractivity contribution in [3.8, 4) is 0 Å². The molecule has 0 atom stereocenters. The molecular weight excluding hydrogens is 503 g/mol. The van der Waals surface area contributed by atoms with Crippen molar-refractivity contribution in [3.05, 3.63) is 17.0 Å². The van der Waals surface area contributed by atoms with Gasteiger partial charge in [0.2, 0.25) is 0 Å². The lowest BCUT2D eigenvalue weighted by Crippen LogP contribution is -2.62. The van der Waals surface area contributed by atoms with Crippen LogP contribution in [0.25, 0.3) is 0 Å². The molecule has 0 saturated carbocycles. The number of hydrogen-bond acceptors (Lipinski definition) is 5. The number of aromatic nitrogens is 1. The van der Waals surface area contributed by atoms with Crippen LogP contribution in [0.5, 0.6) is 0 Å². The fraction of sp³-hybridized carbons (Fsp3) is 0.826. The van der Waals surface area contributed by atoms with Crippen molar-refractivity contribution < 1.29 is 4.52 Å². The van der Waals surface area contributed by atoms with Crippen LogP contribution in [0.1, 0.15) is 69.9 Å². The largest absolute Gasteiger partial charge is 0.361 e. The lowest BCUT2D eigenvalue weighted by molar-refractivity contribution is 0.0173. The second-order valence-corrected chi connectivity index (χ2v) is 8.86. The third-order valence-corrected chi connectivity index (χ3v) is 6.88. The molecule has 2 saturated heterocycles. The first-order valence-corrected chi connectivity index (χ1v) is 12.0. The van der Waals surface area contributed by atoms with Gasteiger partial charge < -0.3 is 20.1 Å². The van der Waals surface area contributed by atoms with Gasteiger partial charge in [-0.2, -0.15) is 0 Å². The molecule has 0 aromatic carbocycles. The predicted molar refractivity (Wildman–Crippen MR) is 138 cm³/mol. The first-order valence-electron chi connectivity index (χ1n) is 12.0. The SMILES string of the molecule is CCNC(=NCc1c(CC)noc1CC)NCC1(N2CCCCC2)CCN(C)CC1.I. The number of rotatable bonds is 8. The van der Waals surface area contributed by atoms with Crippen molar-refractivity contribution in [1.82, 2.24) is 25.6 Å². The highest BCUT2D eigenvalue weighted by molar-refractivity contribution is 14.0. The number of piperidine rings is 2. The molecule has 0 bridgehead atoms. The van der Waals surface area contributed by atoms with E-state index in [0.717, 1.165) is 48.9 Å². The molecule has 1 aromatic heterocycles. The Morgan fingerprint density at radius 1 is 1.03 bits per heavy atom. The van der Waals surface area contributed by atoms with Crippen molar-refractivity contribution in [2.24, 2.45) is 4.99 Å². The second-order valence-electron chi connectivity index (χ2n) is 8.86. The van der Waals surface area contributed by atoms with E-state index in [-0.39, 0.29) is 29.5 Å². The van der Waals surface area contributed by atoms with Gasteiger partial charge in [-0.3, -0.25) is 4.90 Å². The van der Waals surface area contributed by atoms with Crippen LogP contribution in [0.4, 0.5) is 0 Å². The van der Waals surface area contributed by atoms with Crippen LogP contribution in [-0.2, 0) is 19.4 Å². The fourth-order valence-corrected chi connectivity index (χ4v) is 4.87. The van der Waals surface area contributed by atoms with Crippen LogP contribution in [-0.4, -0.2) is 72.8 Å². The molecular formula is C23H43IN6O. The standard InChI is InChI=1S/C23H42N6O.HI/c1-5-20-19(21(6-2)30-27-20)17-25-22(24-7-3)26-18-23(11-15-28(4)16-12-23)29-13-9-8-10-14-29;/h5-18H2,1-4H3,(H2,24,25,26);1H. The summed E-state index contributed by atoms with van der Waals surface area (Å²) in [5, 5.41) is 11.4. The molecule has 3 rings (SSSR count). The molecule has 7 nitrogen and oxygen atoms in total. The number of aliphatic imine (C=N–C) groups is 1. The Bertz CT molecular complexity index is 656. The zero-order chi connectivity index (χ0) is 21.4. The fourth-order valence-electron chi connectivity index (χ4n) is 4.87. The van der Waals surface area contributed by atoms with Gasteiger partial charge in [-0.05, 0) is 72.3 Å². The van der Waals surface area contributed by atoms with Crippen LogP contribution in [0, 0.1) is 0 Å². The van der Waals surface area contributed by atoms with E-state index < -0.39 is 0 Å². The molecule has 2 fully saturated rings. The zero-order valence-corrected chi connectivity index (χ0v) is 22.3. The Morgan fingerprint density at radius 2 is 1.74 bits per heavy atom. The summed E-state index contributed by atoms with van der Waals surface area (Å²) in [5.41, 5.74) is 2.43. The number of nitrogens with zero attached hydrogens (tertiary/aromatic N) is 4. The Labute approximate surface area is 205 Å². The molecule has 0 unspecified atom stereocenters. The number of guanidine groups is 1. The average molecular weight is 547 g/mol. The van der Waals surface area contributed by atoms with Crippen LogP contribution < -0.4 is 10.6 Å². The monoisotopic (exact) mass is 546 g/mol. The van der Waals surface area contributed by atoms with Crippen molar-refractivity contribution in [1.29, 1.82) is 0 Å². The molecule has 178 valence electrons. The average Bonchev–Trinajstić information content (AvgIpc) is 3.19. The van der Waals surface area contributed by atoms with Crippen molar-refractivity contribution in [2.75, 3.05) is 46.3 Å². The van der Waals surface area contributed by atoms with Gasteiger partial charge in [0.15, 0.2) is 5.96 Å². The maximum absolute atomic E-state index is 5.52. The molecule has 0 aliphatic carbocycles. The molecule has 0 amide bonds. The first kappa shape index (κ1) is 26.4. The number of aryl methyl sites for hydroxylation is 2. The van der Waals surface area contributed by atoms with E-state index in [1.165, 1.54) is 58.3 Å². The predicted octanol–water partition coefficient (Wildman–Crippen LogP) is 3.42. The molecule has 2 N–H and O–H groups in total. The van der Waals surface area contributed by atoms with E-state index >= 15 is 0 Å². The van der Waals surface area contributed by atoms with Gasteiger partial charge in [0.1, 0.15) is 5.76 Å². The van der Waals surface area contributed by atoms with Gasteiger partial charge in [-0.1, -0.05) is 25.4 Å². The molecule has 8 heteroatoms. The normalized spacial score (nSPS) is 20.3. The third-order valence-electron chi connectivity index (χ3n) is 6.88. The van der Waals surface area contributed by atoms with Crippen molar-refractivity contribution in [2.45, 2.75) is 77.8 Å². The minimum absolute atomic E-state index is 0. The van der Waals surface area contributed by atoms with Crippen LogP contribution in [0.3, 0.4) is 0 Å². The molecule has 0 radical (unpaired) electrons. The van der Waals surface area contributed by atoms with Gasteiger partial charge in [-0.25, -0.2) is 4.99 Å². The lowest BCUT2D eigenvalue weighted by atomic mass is 9.84. The quantitative estimate of drug-likeness (QED) is 0.296. The van der Waals surface area contributed by atoms with E-state index in [1.54, 1.807) is 0 Å². The summed E-state index contributed by atoms with van der Waals surface area (Å²) in [6, 6.07) is 0. The van der Waals surface area contributed by atoms with Gasteiger partial charge in [0.05, 0.1) is 12.2 Å². The molecule has 2 aliphatic rings. The highest BCUT2D eigenvalue weighted by atomic mass is 127. The van der Waals surface area contributed by atoms with E-state index in [0.29, 0.717) is 6.54 Å². The minimum Gasteiger partial charge on any atom is -0.361 e. The highest BCUT2D eigenvalue weighted by Gasteiger charge is 2.39. The molecule has 31 heavy (non-hydrogen) atoms. The van der Waals surface area contributed by atoms with E-state index in [1.807, 2.05) is 0 Å². The number of nitrogens with one attached hydrogen (secondary N) is 2. The Kier molecular flexibility index (Phi) is 11.1. The van der Waals surface area contributed by atoms with Crippen LogP contribution >= 0.6 is 24.0 Å². The third kappa shape index (κ3) is 6.81.